The highest BCUT2D eigenvalue weighted by molar-refractivity contribution is 7.98. The van der Waals surface area contributed by atoms with Crippen LogP contribution >= 0.6 is 11.8 Å². The van der Waals surface area contributed by atoms with Crippen LogP contribution in [0.2, 0.25) is 0 Å². The predicted molar refractivity (Wildman–Crippen MR) is 134 cm³/mol. The SMILES string of the molecule is CSCC(CO)(CO)NCC1=CN(COCc2ccccc2)C2C(OC(C)(C)C)=NC=NC12. The molecule has 2 heterocycles. The molecule has 33 heavy (non-hydrogen) atoms. The molecule has 3 N–H and O–H groups in total. The number of hydrogen-bond donors (Lipinski definition) is 3. The number of aliphatic hydroxyl groups excluding tert-OH is 2. The van der Waals surface area contributed by atoms with Crippen molar-refractivity contribution in [2.24, 2.45) is 9.98 Å². The molecule has 1 aromatic rings. The molecular weight excluding hydrogens is 440 g/mol. The average molecular weight is 477 g/mol. The summed E-state index contributed by atoms with van der Waals surface area (Å²) >= 11 is 1.58. The van der Waals surface area contributed by atoms with Crippen molar-refractivity contribution in [3.63, 3.8) is 0 Å². The van der Waals surface area contributed by atoms with E-state index in [4.69, 9.17) is 9.47 Å². The van der Waals surface area contributed by atoms with Crippen molar-refractivity contribution in [2.75, 3.05) is 38.5 Å². The highest BCUT2D eigenvalue weighted by Crippen LogP contribution is 2.30. The zero-order chi connectivity index (χ0) is 23.9. The quantitative estimate of drug-likeness (QED) is 0.449. The summed E-state index contributed by atoms with van der Waals surface area (Å²) < 4.78 is 12.2. The van der Waals surface area contributed by atoms with Gasteiger partial charge in [0.2, 0.25) is 5.90 Å². The normalized spacial score (nSPS) is 20.5. The number of thioether (sulfide) groups is 1. The molecule has 2 unspecified atom stereocenters. The first-order chi connectivity index (χ1) is 15.8. The summed E-state index contributed by atoms with van der Waals surface area (Å²) in [6, 6.07) is 9.65. The molecule has 0 bridgehead atoms. The lowest BCUT2D eigenvalue weighted by atomic mass is 10.00. The molecule has 0 aromatic heterocycles. The van der Waals surface area contributed by atoms with E-state index < -0.39 is 11.1 Å². The number of rotatable bonds is 11. The number of nitrogens with zero attached hydrogens (tertiary/aromatic N) is 3. The molecule has 2 aliphatic rings. The monoisotopic (exact) mass is 476 g/mol. The number of benzene rings is 1. The third-order valence-corrected chi connectivity index (χ3v) is 6.33. The van der Waals surface area contributed by atoms with Gasteiger partial charge in [-0.1, -0.05) is 30.3 Å². The van der Waals surface area contributed by atoms with Crippen molar-refractivity contribution >= 4 is 24.0 Å². The van der Waals surface area contributed by atoms with E-state index in [2.05, 4.69) is 20.2 Å². The Hall–Kier alpha value is -1.91. The average Bonchev–Trinajstić information content (AvgIpc) is 3.15. The van der Waals surface area contributed by atoms with Crippen LogP contribution in [0.1, 0.15) is 26.3 Å². The number of aliphatic imine (C=N–C) groups is 2. The predicted octanol–water partition coefficient (Wildman–Crippen LogP) is 2.03. The van der Waals surface area contributed by atoms with E-state index in [9.17, 15) is 10.2 Å². The second kappa shape index (κ2) is 11.5. The zero-order valence-corrected chi connectivity index (χ0v) is 20.7. The summed E-state index contributed by atoms with van der Waals surface area (Å²) in [7, 11) is 0. The van der Waals surface area contributed by atoms with Gasteiger partial charge in [0.25, 0.3) is 0 Å². The van der Waals surface area contributed by atoms with Crippen LogP contribution in [-0.4, -0.2) is 89.1 Å². The minimum Gasteiger partial charge on any atom is -0.473 e. The van der Waals surface area contributed by atoms with Crippen LogP contribution in [-0.2, 0) is 16.1 Å². The second-order valence-electron chi connectivity index (χ2n) is 9.40. The summed E-state index contributed by atoms with van der Waals surface area (Å²) in [5.74, 6) is 1.20. The molecular formula is C24H36N4O4S. The third kappa shape index (κ3) is 6.80. The fourth-order valence-corrected chi connectivity index (χ4v) is 4.66. The number of aliphatic hydroxyl groups is 2. The van der Waals surface area contributed by atoms with Crippen molar-refractivity contribution in [1.29, 1.82) is 0 Å². The van der Waals surface area contributed by atoms with E-state index in [1.807, 2.05) is 63.6 Å². The summed E-state index contributed by atoms with van der Waals surface area (Å²) in [5.41, 5.74) is 0.975. The Balaban J connectivity index is 1.76. The van der Waals surface area contributed by atoms with Gasteiger partial charge >= 0.3 is 0 Å². The Bertz CT molecular complexity index is 850. The lowest BCUT2D eigenvalue weighted by Gasteiger charge is -2.34. The summed E-state index contributed by atoms with van der Waals surface area (Å²) in [5, 5.41) is 23.2. The van der Waals surface area contributed by atoms with Crippen molar-refractivity contribution in [3.05, 3.63) is 47.7 Å². The Morgan fingerprint density at radius 1 is 1.15 bits per heavy atom. The molecule has 182 valence electrons. The van der Waals surface area contributed by atoms with Crippen LogP contribution in [0.5, 0.6) is 0 Å². The Morgan fingerprint density at radius 3 is 2.52 bits per heavy atom. The molecule has 3 rings (SSSR count). The Morgan fingerprint density at radius 2 is 1.88 bits per heavy atom. The van der Waals surface area contributed by atoms with Crippen molar-refractivity contribution in [2.45, 2.75) is 50.6 Å². The molecule has 0 aliphatic carbocycles. The molecule has 2 aliphatic heterocycles. The number of nitrogens with one attached hydrogen (secondary N) is 1. The van der Waals surface area contributed by atoms with Crippen molar-refractivity contribution in [1.82, 2.24) is 10.2 Å². The third-order valence-electron chi connectivity index (χ3n) is 5.49. The van der Waals surface area contributed by atoms with E-state index >= 15 is 0 Å². The largest absolute Gasteiger partial charge is 0.473 e. The number of hydrogen-bond acceptors (Lipinski definition) is 9. The van der Waals surface area contributed by atoms with Gasteiger partial charge in [0.05, 0.1) is 25.4 Å². The van der Waals surface area contributed by atoms with Crippen LogP contribution < -0.4 is 5.32 Å². The first-order valence-electron chi connectivity index (χ1n) is 11.1. The first kappa shape index (κ1) is 25.7. The van der Waals surface area contributed by atoms with Crippen LogP contribution in [0, 0.1) is 0 Å². The number of fused-ring (bicyclic) bond motifs is 1. The summed E-state index contributed by atoms with van der Waals surface area (Å²) in [6.45, 7) is 7.01. The van der Waals surface area contributed by atoms with Gasteiger partial charge in [0.1, 0.15) is 30.8 Å². The van der Waals surface area contributed by atoms with Gasteiger partial charge in [-0.2, -0.15) is 11.8 Å². The molecule has 0 spiro atoms. The first-order valence-corrected chi connectivity index (χ1v) is 12.5. The Kier molecular flexibility index (Phi) is 8.95. The maximum atomic E-state index is 9.91. The fraction of sp³-hybridized carbons (Fsp3) is 0.583. The van der Waals surface area contributed by atoms with E-state index in [-0.39, 0.29) is 25.3 Å². The lowest BCUT2D eigenvalue weighted by Crippen LogP contribution is -2.55. The molecule has 0 amide bonds. The summed E-state index contributed by atoms with van der Waals surface area (Å²) in [4.78, 5) is 11.2. The minimum atomic E-state index is -0.760. The molecule has 0 fully saturated rings. The van der Waals surface area contributed by atoms with Gasteiger partial charge in [-0.25, -0.2) is 4.99 Å². The molecule has 0 radical (unpaired) electrons. The Labute approximate surface area is 200 Å². The lowest BCUT2D eigenvalue weighted by molar-refractivity contribution is 0.0271. The van der Waals surface area contributed by atoms with Gasteiger partial charge in [0.15, 0.2) is 0 Å². The van der Waals surface area contributed by atoms with Gasteiger partial charge < -0.3 is 29.9 Å². The zero-order valence-electron chi connectivity index (χ0n) is 19.9. The maximum absolute atomic E-state index is 9.91. The topological polar surface area (TPSA) is 98.9 Å². The van der Waals surface area contributed by atoms with E-state index in [0.29, 0.717) is 31.5 Å². The standard InChI is InChI=1S/C24H36N4O4S/c1-23(2,3)32-22-21-20(25-16-26-22)19(10-27-24(13-29,14-30)15-33-4)11-28(21)17-31-12-18-8-6-5-7-9-18/h5-9,11,16,20-21,27,29-30H,10,12-15,17H2,1-4H3. The molecule has 0 saturated carbocycles. The van der Waals surface area contributed by atoms with E-state index in [0.717, 1.165) is 11.1 Å². The van der Waals surface area contributed by atoms with Gasteiger partial charge in [-0.15, -0.1) is 0 Å². The highest BCUT2D eigenvalue weighted by Gasteiger charge is 2.43. The minimum absolute atomic E-state index is 0.154. The van der Waals surface area contributed by atoms with Crippen molar-refractivity contribution in [3.8, 4) is 0 Å². The molecule has 0 saturated heterocycles. The maximum Gasteiger partial charge on any atom is 0.216 e. The smallest absolute Gasteiger partial charge is 0.216 e. The molecule has 2 atom stereocenters. The van der Waals surface area contributed by atoms with Gasteiger partial charge in [0, 0.05) is 18.5 Å². The number of ether oxygens (including phenoxy) is 2. The molecule has 1 aromatic carbocycles. The van der Waals surface area contributed by atoms with Crippen molar-refractivity contribution < 1.29 is 19.7 Å². The molecule has 8 nitrogen and oxygen atoms in total. The van der Waals surface area contributed by atoms with Gasteiger partial charge in [-0.05, 0) is 38.2 Å². The second-order valence-corrected chi connectivity index (χ2v) is 10.3. The summed E-state index contributed by atoms with van der Waals surface area (Å²) in [6.07, 6.45) is 5.55. The van der Waals surface area contributed by atoms with Crippen LogP contribution in [0.25, 0.3) is 0 Å². The van der Waals surface area contributed by atoms with Gasteiger partial charge in [-0.3, -0.25) is 4.99 Å². The van der Waals surface area contributed by atoms with Crippen LogP contribution in [0.15, 0.2) is 52.1 Å². The molecule has 9 heteroatoms. The van der Waals surface area contributed by atoms with Crippen LogP contribution in [0.4, 0.5) is 0 Å². The van der Waals surface area contributed by atoms with E-state index in [1.54, 1.807) is 18.1 Å². The van der Waals surface area contributed by atoms with E-state index in [1.165, 1.54) is 0 Å². The highest BCUT2D eigenvalue weighted by atomic mass is 32.2. The fourth-order valence-electron chi connectivity index (χ4n) is 3.83. The van der Waals surface area contributed by atoms with Crippen LogP contribution in [0.3, 0.4) is 0 Å².